The van der Waals surface area contributed by atoms with Crippen molar-refractivity contribution in [3.05, 3.63) is 87.8 Å². The van der Waals surface area contributed by atoms with E-state index in [0.717, 1.165) is 8.95 Å². The lowest BCUT2D eigenvalue weighted by atomic mass is 10.4. The van der Waals surface area contributed by atoms with Gasteiger partial charge in [-0.1, -0.05) is 62.2 Å². The van der Waals surface area contributed by atoms with Crippen molar-refractivity contribution in [2.75, 3.05) is 6.26 Å². The van der Waals surface area contributed by atoms with Crippen molar-refractivity contribution in [2.45, 2.75) is 14.7 Å². The summed E-state index contributed by atoms with van der Waals surface area (Å²) < 4.78 is 2.24. The second kappa shape index (κ2) is 6.61. The van der Waals surface area contributed by atoms with Gasteiger partial charge in [-0.2, -0.15) is 10.0 Å². The van der Waals surface area contributed by atoms with Crippen molar-refractivity contribution in [1.82, 2.24) is 0 Å². The summed E-state index contributed by atoms with van der Waals surface area (Å²) in [5.41, 5.74) is 0. The summed E-state index contributed by atoms with van der Waals surface area (Å²) in [5.74, 6) is 0. The molecule has 0 fully saturated rings. The quantitative estimate of drug-likeness (QED) is 0.410. The Morgan fingerprint density at radius 2 is 1.05 bits per heavy atom. The first-order chi connectivity index (χ1) is 10.6. The summed E-state index contributed by atoms with van der Waals surface area (Å²) in [5, 5.41) is 0. The van der Waals surface area contributed by atoms with E-state index in [9.17, 15) is 0 Å². The van der Waals surface area contributed by atoms with E-state index < -0.39 is 10.0 Å². The van der Waals surface area contributed by atoms with Crippen molar-refractivity contribution in [3.63, 3.8) is 0 Å². The van der Waals surface area contributed by atoms with Gasteiger partial charge >= 0.3 is 0 Å². The molecule has 0 heterocycles. The molecule has 0 unspecified atom stereocenters. The molecule has 0 nitrogen and oxygen atoms in total. The minimum Gasteiger partial charge on any atom is -0.163 e. The molecule has 0 amide bonds. The van der Waals surface area contributed by atoms with Crippen LogP contribution in [0.2, 0.25) is 0 Å². The molecule has 0 radical (unpaired) electrons. The Morgan fingerprint density at radius 1 is 0.591 bits per heavy atom. The predicted molar refractivity (Wildman–Crippen MR) is 103 cm³/mol. The summed E-state index contributed by atoms with van der Waals surface area (Å²) in [6.45, 7) is 0. The van der Waals surface area contributed by atoms with E-state index in [1.54, 1.807) is 0 Å². The van der Waals surface area contributed by atoms with Crippen LogP contribution in [-0.2, 0) is 0 Å². The number of halogens is 2. The van der Waals surface area contributed by atoms with E-state index in [0.29, 0.717) is 0 Å². The number of hydrogen-bond acceptors (Lipinski definition) is 0. The molecule has 0 aliphatic heterocycles. The molecule has 0 spiro atoms. The molecule has 3 rings (SSSR count). The van der Waals surface area contributed by atoms with Crippen molar-refractivity contribution in [3.8, 4) is 0 Å². The van der Waals surface area contributed by atoms with E-state index in [1.807, 2.05) is 0 Å². The molecule has 0 bridgehead atoms. The lowest BCUT2D eigenvalue weighted by Gasteiger charge is -2.37. The van der Waals surface area contributed by atoms with E-state index in [4.69, 9.17) is 0 Å². The fraction of sp³-hybridized carbons (Fsp3) is 0.0526. The van der Waals surface area contributed by atoms with Crippen LogP contribution in [0.15, 0.2) is 102 Å². The fourth-order valence-corrected chi connectivity index (χ4v) is 6.59. The van der Waals surface area contributed by atoms with Crippen molar-refractivity contribution < 1.29 is 0 Å². The zero-order chi connectivity index (χ0) is 15.6. The standard InChI is InChI=1S/C19H16Br2S/c1-22(17-9-3-2-4-10-17,18-11-5-7-15(20)13-18)19-12-6-8-16(21)14-19/h2-14H,1H3. The lowest BCUT2D eigenvalue weighted by molar-refractivity contribution is 1.28. The highest BCUT2D eigenvalue weighted by Crippen LogP contribution is 2.65. The maximum absolute atomic E-state index is 3.62. The monoisotopic (exact) mass is 434 g/mol. The van der Waals surface area contributed by atoms with Crippen molar-refractivity contribution in [2.24, 2.45) is 0 Å². The van der Waals surface area contributed by atoms with Gasteiger partial charge < -0.3 is 0 Å². The van der Waals surface area contributed by atoms with Gasteiger partial charge in [0.25, 0.3) is 0 Å². The molecule has 22 heavy (non-hydrogen) atoms. The highest BCUT2D eigenvalue weighted by molar-refractivity contribution is 9.10. The van der Waals surface area contributed by atoms with Crippen molar-refractivity contribution in [1.29, 1.82) is 0 Å². The second-order valence-electron chi connectivity index (χ2n) is 5.15. The molecule has 0 aromatic heterocycles. The van der Waals surface area contributed by atoms with E-state index in [-0.39, 0.29) is 0 Å². The Bertz CT molecular complexity index is 739. The van der Waals surface area contributed by atoms with Crippen LogP contribution in [0.25, 0.3) is 0 Å². The molecule has 0 aliphatic rings. The summed E-state index contributed by atoms with van der Waals surface area (Å²) in [4.78, 5) is 4.07. The van der Waals surface area contributed by atoms with Crippen molar-refractivity contribution >= 4 is 41.9 Å². The molecule has 0 N–H and O–H groups in total. The zero-order valence-electron chi connectivity index (χ0n) is 12.2. The van der Waals surface area contributed by atoms with E-state index in [2.05, 4.69) is 117 Å². The van der Waals surface area contributed by atoms with Gasteiger partial charge in [0.05, 0.1) is 0 Å². The Morgan fingerprint density at radius 3 is 1.50 bits per heavy atom. The van der Waals surface area contributed by atoms with Crippen LogP contribution in [0.1, 0.15) is 0 Å². The summed E-state index contributed by atoms with van der Waals surface area (Å²) in [6, 6.07) is 28.1. The largest absolute Gasteiger partial charge is 0.163 e. The van der Waals surface area contributed by atoms with E-state index in [1.165, 1.54) is 14.7 Å². The average Bonchev–Trinajstić information content (AvgIpc) is 2.55. The number of benzene rings is 3. The third-order valence-corrected chi connectivity index (χ3v) is 8.34. The third kappa shape index (κ3) is 3.03. The Balaban J connectivity index is 2.27. The maximum Gasteiger partial charge on any atom is 0.0186 e. The molecule has 0 atom stereocenters. The Labute approximate surface area is 150 Å². The van der Waals surface area contributed by atoms with Crippen LogP contribution in [-0.4, -0.2) is 6.26 Å². The minimum absolute atomic E-state index is 1.12. The van der Waals surface area contributed by atoms with Gasteiger partial charge in [-0.05, 0) is 69.5 Å². The van der Waals surface area contributed by atoms with Gasteiger partial charge in [0, 0.05) is 8.95 Å². The predicted octanol–water partition coefficient (Wildman–Crippen LogP) is 7.12. The Kier molecular flexibility index (Phi) is 4.76. The topological polar surface area (TPSA) is 0 Å². The normalized spacial score (nSPS) is 12.1. The highest BCUT2D eigenvalue weighted by Gasteiger charge is 2.26. The SMILES string of the molecule is CS(c1ccccc1)(c1cccc(Br)c1)c1cccc(Br)c1. The van der Waals surface area contributed by atoms with Gasteiger partial charge in [0.1, 0.15) is 0 Å². The van der Waals surface area contributed by atoms with Gasteiger partial charge in [0.2, 0.25) is 0 Å². The molecule has 0 aliphatic carbocycles. The molecule has 112 valence electrons. The van der Waals surface area contributed by atoms with Gasteiger partial charge in [-0.25, -0.2) is 0 Å². The lowest BCUT2D eigenvalue weighted by Crippen LogP contribution is -2.01. The smallest absolute Gasteiger partial charge is 0.0186 e. The molecule has 0 saturated heterocycles. The summed E-state index contributed by atoms with van der Waals surface area (Å²) in [6.07, 6.45) is 2.37. The summed E-state index contributed by atoms with van der Waals surface area (Å²) >= 11 is 7.24. The van der Waals surface area contributed by atoms with E-state index >= 15 is 0 Å². The maximum atomic E-state index is 3.62. The first-order valence-corrected chi connectivity index (χ1v) is 10.6. The first kappa shape index (κ1) is 15.9. The van der Waals surface area contributed by atoms with Crippen LogP contribution in [0, 0.1) is 0 Å². The van der Waals surface area contributed by atoms with Gasteiger partial charge in [-0.15, -0.1) is 0 Å². The average molecular weight is 436 g/mol. The second-order valence-corrected chi connectivity index (χ2v) is 10.2. The van der Waals surface area contributed by atoms with Crippen LogP contribution >= 0.6 is 41.9 Å². The van der Waals surface area contributed by atoms with Crippen LogP contribution in [0.3, 0.4) is 0 Å². The molecular weight excluding hydrogens is 420 g/mol. The summed E-state index contributed by atoms with van der Waals surface area (Å²) in [7, 11) is -1.28. The molecule has 3 aromatic carbocycles. The van der Waals surface area contributed by atoms with Crippen LogP contribution < -0.4 is 0 Å². The third-order valence-electron chi connectivity index (χ3n) is 3.75. The number of rotatable bonds is 3. The van der Waals surface area contributed by atoms with Gasteiger partial charge in [0.15, 0.2) is 0 Å². The highest BCUT2D eigenvalue weighted by atomic mass is 79.9. The molecule has 0 saturated carbocycles. The van der Waals surface area contributed by atoms with Crippen LogP contribution in [0.5, 0.6) is 0 Å². The number of hydrogen-bond donors (Lipinski definition) is 0. The molecule has 3 aromatic rings. The first-order valence-electron chi connectivity index (χ1n) is 6.95. The minimum atomic E-state index is -1.28. The zero-order valence-corrected chi connectivity index (χ0v) is 16.2. The van der Waals surface area contributed by atoms with Crippen LogP contribution in [0.4, 0.5) is 0 Å². The molecule has 3 heteroatoms. The molecular formula is C19H16Br2S. The Hall–Kier alpha value is -1.03. The van der Waals surface area contributed by atoms with Gasteiger partial charge in [-0.3, -0.25) is 0 Å². The fourth-order valence-electron chi connectivity index (χ4n) is 2.54.